The third kappa shape index (κ3) is 1.85. The molecule has 3 heteroatoms. The molecule has 3 fully saturated rings. The SMILES string of the molecule is CC12CCC(O)C1C1CC(O)C3=CC(=O)CCC3(C)C1CC2. The Morgan fingerprint density at radius 2 is 1.86 bits per heavy atom. The summed E-state index contributed by atoms with van der Waals surface area (Å²) in [6.45, 7) is 4.60. The minimum absolute atomic E-state index is 0.0418. The molecule has 0 aromatic carbocycles. The first-order valence-electron chi connectivity index (χ1n) is 8.96. The maximum Gasteiger partial charge on any atom is 0.155 e. The van der Waals surface area contributed by atoms with E-state index in [4.69, 9.17) is 0 Å². The van der Waals surface area contributed by atoms with Crippen molar-refractivity contribution < 1.29 is 15.0 Å². The Morgan fingerprint density at radius 3 is 2.64 bits per heavy atom. The molecule has 0 radical (unpaired) electrons. The van der Waals surface area contributed by atoms with Crippen LogP contribution in [0.3, 0.4) is 0 Å². The van der Waals surface area contributed by atoms with Crippen LogP contribution in [0.1, 0.15) is 58.8 Å². The lowest BCUT2D eigenvalue weighted by molar-refractivity contribution is -0.121. The van der Waals surface area contributed by atoms with Gasteiger partial charge in [-0.2, -0.15) is 0 Å². The highest BCUT2D eigenvalue weighted by Gasteiger charge is 2.60. The quantitative estimate of drug-likeness (QED) is 0.723. The fourth-order valence-corrected chi connectivity index (χ4v) is 6.63. The lowest BCUT2D eigenvalue weighted by Crippen LogP contribution is -2.54. The second-order valence-corrected chi connectivity index (χ2v) is 8.83. The number of ketones is 1. The van der Waals surface area contributed by atoms with Crippen molar-refractivity contribution in [1.29, 1.82) is 0 Å². The van der Waals surface area contributed by atoms with E-state index in [1.165, 1.54) is 12.8 Å². The Hall–Kier alpha value is -0.670. The van der Waals surface area contributed by atoms with Crippen LogP contribution in [0.25, 0.3) is 0 Å². The van der Waals surface area contributed by atoms with Gasteiger partial charge in [-0.25, -0.2) is 0 Å². The highest BCUT2D eigenvalue weighted by molar-refractivity contribution is 5.91. The molecule has 2 N–H and O–H groups in total. The first-order chi connectivity index (χ1) is 10.3. The fraction of sp³-hybridized carbons (Fsp3) is 0.842. The number of aliphatic hydroxyl groups is 2. The van der Waals surface area contributed by atoms with Crippen molar-refractivity contribution in [3.63, 3.8) is 0 Å². The molecule has 22 heavy (non-hydrogen) atoms. The molecule has 0 spiro atoms. The van der Waals surface area contributed by atoms with Crippen LogP contribution in [0.2, 0.25) is 0 Å². The predicted molar refractivity (Wildman–Crippen MR) is 84.1 cm³/mol. The van der Waals surface area contributed by atoms with Gasteiger partial charge in [-0.3, -0.25) is 4.79 Å². The third-order valence-corrected chi connectivity index (χ3v) is 7.77. The lowest BCUT2D eigenvalue weighted by atomic mass is 9.47. The smallest absolute Gasteiger partial charge is 0.155 e. The topological polar surface area (TPSA) is 57.5 Å². The van der Waals surface area contributed by atoms with Gasteiger partial charge in [-0.1, -0.05) is 13.8 Å². The molecule has 4 rings (SSSR count). The third-order valence-electron chi connectivity index (χ3n) is 7.77. The monoisotopic (exact) mass is 304 g/mol. The Morgan fingerprint density at radius 1 is 1.14 bits per heavy atom. The van der Waals surface area contributed by atoms with Crippen molar-refractivity contribution in [3.05, 3.63) is 11.6 Å². The molecule has 0 saturated heterocycles. The van der Waals surface area contributed by atoms with Gasteiger partial charge in [0.1, 0.15) is 0 Å². The van der Waals surface area contributed by atoms with Crippen molar-refractivity contribution >= 4 is 5.78 Å². The zero-order valence-corrected chi connectivity index (χ0v) is 13.7. The summed E-state index contributed by atoms with van der Waals surface area (Å²) in [5, 5.41) is 21.3. The minimum Gasteiger partial charge on any atom is -0.393 e. The molecule has 0 amide bonds. The molecule has 0 bridgehead atoms. The van der Waals surface area contributed by atoms with Crippen molar-refractivity contribution in [1.82, 2.24) is 0 Å². The van der Waals surface area contributed by atoms with E-state index in [1.807, 2.05) is 0 Å². The normalized spacial score (nSPS) is 54.3. The van der Waals surface area contributed by atoms with E-state index in [-0.39, 0.29) is 22.7 Å². The van der Waals surface area contributed by atoms with Crippen molar-refractivity contribution in [2.45, 2.75) is 71.0 Å². The number of hydrogen-bond donors (Lipinski definition) is 2. The summed E-state index contributed by atoms with van der Waals surface area (Å²) in [4.78, 5) is 11.8. The maximum absolute atomic E-state index is 11.8. The summed E-state index contributed by atoms with van der Waals surface area (Å²) in [7, 11) is 0. The first kappa shape index (κ1) is 14.9. The number of aliphatic hydroxyl groups excluding tert-OH is 2. The number of rotatable bonds is 0. The van der Waals surface area contributed by atoms with Crippen LogP contribution in [-0.2, 0) is 4.79 Å². The summed E-state index contributed by atoms with van der Waals surface area (Å²) >= 11 is 0. The first-order valence-corrected chi connectivity index (χ1v) is 8.96. The Labute approximate surface area is 132 Å². The van der Waals surface area contributed by atoms with E-state index in [1.54, 1.807) is 6.08 Å². The Bertz CT molecular complexity index is 539. The Kier molecular flexibility index (Phi) is 3.16. The van der Waals surface area contributed by atoms with Gasteiger partial charge in [0.25, 0.3) is 0 Å². The molecular weight excluding hydrogens is 276 g/mol. The van der Waals surface area contributed by atoms with Gasteiger partial charge < -0.3 is 10.2 Å². The van der Waals surface area contributed by atoms with Crippen molar-refractivity contribution in [2.75, 3.05) is 0 Å². The largest absolute Gasteiger partial charge is 0.393 e. The standard InChI is InChI=1S/C19H28O3/c1-18-6-4-13-12(17(18)15(21)5-7-18)10-16(22)14-9-11(20)3-8-19(13,14)2/h9,12-13,15-17,21-22H,3-8,10H2,1-2H3. The highest BCUT2D eigenvalue weighted by atomic mass is 16.3. The van der Waals surface area contributed by atoms with Gasteiger partial charge in [0.2, 0.25) is 0 Å². The van der Waals surface area contributed by atoms with Crippen LogP contribution in [0.5, 0.6) is 0 Å². The van der Waals surface area contributed by atoms with E-state index < -0.39 is 6.10 Å². The molecular formula is C19H28O3. The van der Waals surface area contributed by atoms with Gasteiger partial charge in [0.15, 0.2) is 5.78 Å². The summed E-state index contributed by atoms with van der Waals surface area (Å²) < 4.78 is 0. The lowest BCUT2D eigenvalue weighted by Gasteiger charge is -2.58. The zero-order valence-electron chi connectivity index (χ0n) is 13.7. The molecule has 122 valence electrons. The van der Waals surface area contributed by atoms with Gasteiger partial charge in [0, 0.05) is 6.42 Å². The van der Waals surface area contributed by atoms with E-state index in [2.05, 4.69) is 13.8 Å². The van der Waals surface area contributed by atoms with Crippen LogP contribution in [0.15, 0.2) is 11.6 Å². The molecule has 3 nitrogen and oxygen atoms in total. The molecule has 7 atom stereocenters. The number of carbonyl (C=O) groups is 1. The summed E-state index contributed by atoms with van der Waals surface area (Å²) in [6.07, 6.45) is 7.65. The van der Waals surface area contributed by atoms with E-state index in [0.29, 0.717) is 24.2 Å². The molecule has 7 unspecified atom stereocenters. The molecule has 0 aromatic rings. The predicted octanol–water partition coefficient (Wildman–Crippen LogP) is 2.85. The van der Waals surface area contributed by atoms with Crippen LogP contribution >= 0.6 is 0 Å². The average molecular weight is 304 g/mol. The van der Waals surface area contributed by atoms with E-state index in [9.17, 15) is 15.0 Å². The molecule has 0 aromatic heterocycles. The number of hydrogen-bond acceptors (Lipinski definition) is 3. The van der Waals surface area contributed by atoms with Crippen LogP contribution in [0, 0.1) is 28.6 Å². The highest BCUT2D eigenvalue weighted by Crippen LogP contribution is 2.65. The van der Waals surface area contributed by atoms with Crippen molar-refractivity contribution in [2.24, 2.45) is 28.6 Å². The maximum atomic E-state index is 11.8. The second kappa shape index (κ2) is 4.67. The molecule has 4 aliphatic rings. The molecule has 4 aliphatic carbocycles. The molecule has 0 heterocycles. The minimum atomic E-state index is -0.495. The van der Waals surface area contributed by atoms with Gasteiger partial charge in [-0.05, 0) is 78.8 Å². The van der Waals surface area contributed by atoms with Crippen LogP contribution in [0.4, 0.5) is 0 Å². The number of carbonyl (C=O) groups excluding carboxylic acids is 1. The van der Waals surface area contributed by atoms with Crippen molar-refractivity contribution in [3.8, 4) is 0 Å². The van der Waals surface area contributed by atoms with Gasteiger partial charge >= 0.3 is 0 Å². The molecule has 0 aliphatic heterocycles. The summed E-state index contributed by atoms with van der Waals surface area (Å²) in [5.74, 6) is 1.42. The number of fused-ring (bicyclic) bond motifs is 5. The summed E-state index contributed by atoms with van der Waals surface area (Å²) in [5.41, 5.74) is 1.20. The van der Waals surface area contributed by atoms with Gasteiger partial charge in [-0.15, -0.1) is 0 Å². The summed E-state index contributed by atoms with van der Waals surface area (Å²) in [6, 6.07) is 0. The van der Waals surface area contributed by atoms with E-state index in [0.717, 1.165) is 31.3 Å². The average Bonchev–Trinajstić information content (AvgIpc) is 2.77. The molecule has 3 saturated carbocycles. The van der Waals surface area contributed by atoms with Gasteiger partial charge in [0.05, 0.1) is 12.2 Å². The zero-order chi connectivity index (χ0) is 15.7. The Balaban J connectivity index is 1.75. The van der Waals surface area contributed by atoms with Crippen LogP contribution in [-0.4, -0.2) is 28.2 Å². The second-order valence-electron chi connectivity index (χ2n) is 8.83. The van der Waals surface area contributed by atoms with Crippen LogP contribution < -0.4 is 0 Å². The van der Waals surface area contributed by atoms with E-state index >= 15 is 0 Å². The fourth-order valence-electron chi connectivity index (χ4n) is 6.63.